The maximum absolute atomic E-state index is 5.97. The van der Waals surface area contributed by atoms with Crippen molar-refractivity contribution in [1.29, 1.82) is 0 Å². The van der Waals surface area contributed by atoms with Crippen LogP contribution in [0.2, 0.25) is 5.15 Å². The minimum absolute atomic E-state index is 0.422. The molecule has 2 rings (SSSR count). The van der Waals surface area contributed by atoms with Crippen molar-refractivity contribution < 1.29 is 0 Å². The van der Waals surface area contributed by atoms with Gasteiger partial charge in [-0.15, -0.1) is 0 Å². The zero-order valence-electron chi connectivity index (χ0n) is 11.1. The molecular formula is C13H20ClN5. The van der Waals surface area contributed by atoms with E-state index >= 15 is 0 Å². The number of aromatic nitrogens is 4. The summed E-state index contributed by atoms with van der Waals surface area (Å²) >= 11 is 5.97. The number of rotatable bonds is 8. The van der Waals surface area contributed by atoms with Crippen LogP contribution in [-0.4, -0.2) is 26.1 Å². The third-order valence-electron chi connectivity index (χ3n) is 3.21. The first-order chi connectivity index (χ1) is 9.33. The van der Waals surface area contributed by atoms with Crippen molar-refractivity contribution in [2.45, 2.75) is 45.1 Å². The Morgan fingerprint density at radius 3 is 2.53 bits per heavy atom. The average molecular weight is 282 g/mol. The Hall–Kier alpha value is -1.20. The van der Waals surface area contributed by atoms with Crippen LogP contribution in [0.25, 0.3) is 11.2 Å². The molecule has 2 N–H and O–H groups in total. The first kappa shape index (κ1) is 14.2. The molecule has 0 spiro atoms. The highest BCUT2D eigenvalue weighted by molar-refractivity contribution is 6.33. The van der Waals surface area contributed by atoms with Crippen LogP contribution in [0.5, 0.6) is 0 Å². The highest BCUT2D eigenvalue weighted by atomic mass is 35.5. The predicted octanol–water partition coefficient (Wildman–Crippen LogP) is 2.78. The molecule has 0 bridgehead atoms. The van der Waals surface area contributed by atoms with E-state index in [1.165, 1.54) is 32.0 Å². The molecule has 2 aromatic heterocycles. The second-order valence-electron chi connectivity index (χ2n) is 4.68. The fourth-order valence-corrected chi connectivity index (χ4v) is 2.33. The lowest BCUT2D eigenvalue weighted by Crippen LogP contribution is -1.99. The summed E-state index contributed by atoms with van der Waals surface area (Å²) in [5, 5.41) is 0.422. The van der Waals surface area contributed by atoms with Gasteiger partial charge in [-0.1, -0.05) is 37.3 Å². The summed E-state index contributed by atoms with van der Waals surface area (Å²) in [7, 11) is 0. The molecule has 0 saturated heterocycles. The van der Waals surface area contributed by atoms with Gasteiger partial charge in [-0.05, 0) is 19.4 Å². The molecule has 2 heterocycles. The summed E-state index contributed by atoms with van der Waals surface area (Å²) < 4.78 is 2.04. The lowest BCUT2D eigenvalue weighted by molar-refractivity contribution is 0.558. The van der Waals surface area contributed by atoms with Gasteiger partial charge in [-0.25, -0.2) is 15.0 Å². The normalized spacial score (nSPS) is 11.3. The zero-order valence-corrected chi connectivity index (χ0v) is 11.8. The van der Waals surface area contributed by atoms with Crippen molar-refractivity contribution in [3.63, 3.8) is 0 Å². The molecule has 0 unspecified atom stereocenters. The Labute approximate surface area is 118 Å². The van der Waals surface area contributed by atoms with Crippen molar-refractivity contribution in [2.24, 2.45) is 5.73 Å². The van der Waals surface area contributed by atoms with Gasteiger partial charge in [0, 0.05) is 6.54 Å². The summed E-state index contributed by atoms with van der Waals surface area (Å²) in [6.45, 7) is 1.74. The van der Waals surface area contributed by atoms with E-state index in [1.807, 2.05) is 4.57 Å². The smallest absolute Gasteiger partial charge is 0.164 e. The van der Waals surface area contributed by atoms with Crippen LogP contribution in [0.15, 0.2) is 12.7 Å². The first-order valence-corrected chi connectivity index (χ1v) is 7.22. The highest BCUT2D eigenvalue weighted by Crippen LogP contribution is 2.17. The van der Waals surface area contributed by atoms with E-state index in [0.717, 1.165) is 31.6 Å². The minimum Gasteiger partial charge on any atom is -0.330 e. The second-order valence-corrected chi connectivity index (χ2v) is 5.04. The van der Waals surface area contributed by atoms with Gasteiger partial charge in [-0.2, -0.15) is 0 Å². The molecule has 0 aliphatic heterocycles. The zero-order chi connectivity index (χ0) is 13.5. The van der Waals surface area contributed by atoms with Crippen molar-refractivity contribution in [2.75, 3.05) is 6.54 Å². The van der Waals surface area contributed by atoms with Crippen LogP contribution in [-0.2, 0) is 6.54 Å². The maximum Gasteiger partial charge on any atom is 0.164 e. The van der Waals surface area contributed by atoms with Crippen LogP contribution < -0.4 is 5.73 Å². The molecule has 0 fully saturated rings. The number of aryl methyl sites for hydroxylation is 1. The van der Waals surface area contributed by atoms with E-state index in [0.29, 0.717) is 10.7 Å². The summed E-state index contributed by atoms with van der Waals surface area (Å²) in [6, 6.07) is 0. The number of halogens is 1. The molecule has 0 atom stereocenters. The first-order valence-electron chi connectivity index (χ1n) is 6.84. The molecule has 2 aromatic rings. The van der Waals surface area contributed by atoms with Gasteiger partial charge in [0.05, 0.1) is 6.33 Å². The predicted molar refractivity (Wildman–Crippen MR) is 77.1 cm³/mol. The van der Waals surface area contributed by atoms with Crippen LogP contribution in [0.3, 0.4) is 0 Å². The molecule has 0 aromatic carbocycles. The van der Waals surface area contributed by atoms with E-state index < -0.39 is 0 Å². The Kier molecular flexibility index (Phi) is 5.54. The topological polar surface area (TPSA) is 69.6 Å². The van der Waals surface area contributed by atoms with Crippen LogP contribution in [0, 0.1) is 0 Å². The fraction of sp³-hybridized carbons (Fsp3) is 0.615. The number of unbranched alkanes of at least 4 members (excludes halogenated alkanes) is 5. The summed E-state index contributed by atoms with van der Waals surface area (Å²) in [5.41, 5.74) is 6.97. The molecular weight excluding hydrogens is 262 g/mol. The summed E-state index contributed by atoms with van der Waals surface area (Å²) in [4.78, 5) is 12.4. The van der Waals surface area contributed by atoms with Gasteiger partial charge in [0.1, 0.15) is 11.8 Å². The summed E-state index contributed by atoms with van der Waals surface area (Å²) in [6.07, 6.45) is 10.6. The standard InChI is InChI=1S/C13H20ClN5/c14-12-11-13(17-9-16-12)19(10-18-11)8-6-4-2-1-3-5-7-15/h9-10H,1-8,15H2. The molecule has 104 valence electrons. The lowest BCUT2D eigenvalue weighted by Gasteiger charge is -2.03. The van der Waals surface area contributed by atoms with Crippen molar-refractivity contribution >= 4 is 22.8 Å². The molecule has 0 amide bonds. The lowest BCUT2D eigenvalue weighted by atomic mass is 10.1. The maximum atomic E-state index is 5.97. The SMILES string of the molecule is NCCCCCCCCn1cnc2c(Cl)ncnc21. The van der Waals surface area contributed by atoms with Crippen LogP contribution in [0.1, 0.15) is 38.5 Å². The molecule has 5 nitrogen and oxygen atoms in total. The van der Waals surface area contributed by atoms with Gasteiger partial charge in [0.25, 0.3) is 0 Å². The second kappa shape index (κ2) is 7.40. The fourth-order valence-electron chi connectivity index (χ4n) is 2.15. The van der Waals surface area contributed by atoms with E-state index in [-0.39, 0.29) is 0 Å². The Balaban J connectivity index is 1.77. The molecule has 0 saturated carbocycles. The largest absolute Gasteiger partial charge is 0.330 e. The van der Waals surface area contributed by atoms with Gasteiger partial charge in [-0.3, -0.25) is 0 Å². The Bertz CT molecular complexity index is 511. The van der Waals surface area contributed by atoms with E-state index in [1.54, 1.807) is 6.33 Å². The Morgan fingerprint density at radius 1 is 1.00 bits per heavy atom. The monoisotopic (exact) mass is 281 g/mol. The number of hydrogen-bond acceptors (Lipinski definition) is 4. The van der Waals surface area contributed by atoms with Gasteiger partial charge >= 0.3 is 0 Å². The third-order valence-corrected chi connectivity index (χ3v) is 3.49. The number of hydrogen-bond donors (Lipinski definition) is 1. The summed E-state index contributed by atoms with van der Waals surface area (Å²) in [5.74, 6) is 0. The Morgan fingerprint density at radius 2 is 1.74 bits per heavy atom. The molecule has 0 radical (unpaired) electrons. The molecule has 19 heavy (non-hydrogen) atoms. The van der Waals surface area contributed by atoms with Crippen molar-refractivity contribution in [3.8, 4) is 0 Å². The molecule has 6 heteroatoms. The van der Waals surface area contributed by atoms with Gasteiger partial charge < -0.3 is 10.3 Å². The molecule has 0 aliphatic carbocycles. The van der Waals surface area contributed by atoms with Crippen LogP contribution >= 0.6 is 11.6 Å². The van der Waals surface area contributed by atoms with Gasteiger partial charge in [0.2, 0.25) is 0 Å². The van der Waals surface area contributed by atoms with Crippen molar-refractivity contribution in [1.82, 2.24) is 19.5 Å². The number of nitrogens with zero attached hydrogens (tertiary/aromatic N) is 4. The number of fused-ring (bicyclic) bond motifs is 1. The van der Waals surface area contributed by atoms with Crippen molar-refractivity contribution in [3.05, 3.63) is 17.8 Å². The highest BCUT2D eigenvalue weighted by Gasteiger charge is 2.07. The van der Waals surface area contributed by atoms with E-state index in [4.69, 9.17) is 17.3 Å². The van der Waals surface area contributed by atoms with E-state index in [2.05, 4.69) is 15.0 Å². The van der Waals surface area contributed by atoms with Gasteiger partial charge in [0.15, 0.2) is 10.8 Å². The van der Waals surface area contributed by atoms with E-state index in [9.17, 15) is 0 Å². The number of nitrogens with two attached hydrogens (primary N) is 1. The molecule has 0 aliphatic rings. The average Bonchev–Trinajstić information content (AvgIpc) is 2.83. The minimum atomic E-state index is 0.422. The third kappa shape index (κ3) is 3.88. The number of imidazole rings is 1. The van der Waals surface area contributed by atoms with Crippen LogP contribution in [0.4, 0.5) is 0 Å². The quantitative estimate of drug-likeness (QED) is 0.597.